The van der Waals surface area contributed by atoms with Gasteiger partial charge in [-0.15, -0.1) is 0 Å². The molecule has 0 N–H and O–H groups in total. The van der Waals surface area contributed by atoms with Crippen molar-refractivity contribution in [2.45, 2.75) is 284 Å². The summed E-state index contributed by atoms with van der Waals surface area (Å²) in [6.45, 7) is 6.32. The Morgan fingerprint density at radius 2 is 0.549 bits per heavy atom. The van der Waals surface area contributed by atoms with E-state index >= 15 is 0 Å². The summed E-state index contributed by atoms with van der Waals surface area (Å²) in [6, 6.07) is 0. The minimum atomic E-state index is -0.785. The Kier molecular flexibility index (Phi) is 55.9. The van der Waals surface area contributed by atoms with Gasteiger partial charge in [-0.05, 0) is 96.3 Å². The van der Waals surface area contributed by atoms with Crippen LogP contribution in [0, 0.1) is 0 Å². The molecule has 0 amide bonds. The van der Waals surface area contributed by atoms with E-state index < -0.39 is 6.10 Å². The molecule has 0 rings (SSSR count). The van der Waals surface area contributed by atoms with Crippen LogP contribution in [0.25, 0.3) is 0 Å². The van der Waals surface area contributed by atoms with Crippen molar-refractivity contribution >= 4 is 17.9 Å². The summed E-state index contributed by atoms with van der Waals surface area (Å²) < 4.78 is 16.7. The van der Waals surface area contributed by atoms with Crippen LogP contribution in [-0.4, -0.2) is 37.2 Å². The zero-order valence-electron chi connectivity index (χ0n) is 46.5. The fourth-order valence-electron chi connectivity index (χ4n) is 8.19. The SMILES string of the molecule is CC/C=C\C/C=C\C/C=C\C/C=C\CCCCCCCCCCCCCCCCCCCCC(=O)OCC(COC(=O)CCCCCCC)OC(=O)CCCCCC/C=C\C/C=C\C/C=C\C/C=C\CC. The van der Waals surface area contributed by atoms with E-state index in [9.17, 15) is 14.4 Å². The van der Waals surface area contributed by atoms with Crippen LogP contribution < -0.4 is 0 Å². The van der Waals surface area contributed by atoms with Gasteiger partial charge in [-0.1, -0.05) is 259 Å². The second kappa shape index (κ2) is 58.9. The van der Waals surface area contributed by atoms with Crippen molar-refractivity contribution in [2.75, 3.05) is 13.2 Å². The number of ether oxygens (including phenoxy) is 3. The number of rotatable bonds is 53. The van der Waals surface area contributed by atoms with Crippen LogP contribution in [0.1, 0.15) is 278 Å². The highest BCUT2D eigenvalue weighted by Gasteiger charge is 2.19. The minimum absolute atomic E-state index is 0.0855. The molecule has 0 spiro atoms. The van der Waals surface area contributed by atoms with E-state index in [-0.39, 0.29) is 31.1 Å². The predicted molar refractivity (Wildman–Crippen MR) is 307 cm³/mol. The Morgan fingerprint density at radius 3 is 0.859 bits per heavy atom. The lowest BCUT2D eigenvalue weighted by molar-refractivity contribution is -0.167. The van der Waals surface area contributed by atoms with E-state index in [1.807, 2.05) is 0 Å². The van der Waals surface area contributed by atoms with Gasteiger partial charge in [0, 0.05) is 19.3 Å². The highest BCUT2D eigenvalue weighted by molar-refractivity contribution is 5.71. The lowest BCUT2D eigenvalue weighted by atomic mass is 10.0. The van der Waals surface area contributed by atoms with Crippen LogP contribution in [0.3, 0.4) is 0 Å². The second-order valence-electron chi connectivity index (χ2n) is 19.5. The Hall–Kier alpha value is -3.67. The molecule has 0 fully saturated rings. The van der Waals surface area contributed by atoms with E-state index in [1.54, 1.807) is 0 Å². The number of carbonyl (C=O) groups is 3. The van der Waals surface area contributed by atoms with E-state index in [2.05, 4.69) is 118 Å². The van der Waals surface area contributed by atoms with Crippen LogP contribution in [0.4, 0.5) is 0 Å². The van der Waals surface area contributed by atoms with Crippen LogP contribution >= 0.6 is 0 Å². The van der Waals surface area contributed by atoms with Gasteiger partial charge in [0.15, 0.2) is 6.10 Å². The molecule has 6 heteroatoms. The zero-order chi connectivity index (χ0) is 51.4. The molecule has 0 radical (unpaired) electrons. The Labute approximate surface area is 438 Å². The molecular formula is C65H110O6. The molecule has 0 aliphatic rings. The van der Waals surface area contributed by atoms with Gasteiger partial charge in [-0.3, -0.25) is 14.4 Å². The fraction of sp³-hybridized carbons (Fsp3) is 0.708. The van der Waals surface area contributed by atoms with Crippen molar-refractivity contribution in [1.29, 1.82) is 0 Å². The molecule has 0 bridgehead atoms. The molecule has 0 saturated heterocycles. The first-order valence-corrected chi connectivity index (χ1v) is 29.7. The number of hydrogen-bond donors (Lipinski definition) is 0. The molecule has 0 aromatic heterocycles. The molecule has 6 nitrogen and oxygen atoms in total. The Bertz CT molecular complexity index is 1410. The summed E-state index contributed by atoms with van der Waals surface area (Å²) >= 11 is 0. The summed E-state index contributed by atoms with van der Waals surface area (Å²) in [6.07, 6.45) is 78.9. The molecule has 0 aliphatic heterocycles. The largest absolute Gasteiger partial charge is 0.462 e. The maximum Gasteiger partial charge on any atom is 0.306 e. The molecule has 0 heterocycles. The average molecular weight is 988 g/mol. The third kappa shape index (κ3) is 57.1. The van der Waals surface area contributed by atoms with Gasteiger partial charge in [0.25, 0.3) is 0 Å². The monoisotopic (exact) mass is 987 g/mol. The molecule has 0 saturated carbocycles. The van der Waals surface area contributed by atoms with Crippen molar-refractivity contribution in [3.63, 3.8) is 0 Å². The second-order valence-corrected chi connectivity index (χ2v) is 19.5. The third-order valence-electron chi connectivity index (χ3n) is 12.6. The van der Waals surface area contributed by atoms with Gasteiger partial charge in [-0.25, -0.2) is 0 Å². The maximum absolute atomic E-state index is 12.8. The number of hydrogen-bond acceptors (Lipinski definition) is 6. The van der Waals surface area contributed by atoms with Crippen molar-refractivity contribution in [3.05, 3.63) is 97.2 Å². The van der Waals surface area contributed by atoms with E-state index in [1.165, 1.54) is 109 Å². The van der Waals surface area contributed by atoms with E-state index in [4.69, 9.17) is 14.2 Å². The van der Waals surface area contributed by atoms with Gasteiger partial charge >= 0.3 is 17.9 Å². The van der Waals surface area contributed by atoms with Crippen molar-refractivity contribution in [1.82, 2.24) is 0 Å². The summed E-state index contributed by atoms with van der Waals surface area (Å²) in [5, 5.41) is 0. The smallest absolute Gasteiger partial charge is 0.306 e. The first-order chi connectivity index (χ1) is 35.0. The van der Waals surface area contributed by atoms with Crippen molar-refractivity contribution < 1.29 is 28.6 Å². The summed E-state index contributed by atoms with van der Waals surface area (Å²) in [7, 11) is 0. The molecule has 71 heavy (non-hydrogen) atoms. The third-order valence-corrected chi connectivity index (χ3v) is 12.6. The van der Waals surface area contributed by atoms with Crippen LogP contribution in [0.5, 0.6) is 0 Å². The first-order valence-electron chi connectivity index (χ1n) is 29.7. The number of esters is 3. The lowest BCUT2D eigenvalue weighted by Gasteiger charge is -2.18. The Balaban J connectivity index is 4.00. The lowest BCUT2D eigenvalue weighted by Crippen LogP contribution is -2.30. The van der Waals surface area contributed by atoms with Gasteiger partial charge in [0.1, 0.15) is 13.2 Å². The predicted octanol–water partition coefficient (Wildman–Crippen LogP) is 20.1. The van der Waals surface area contributed by atoms with Gasteiger partial charge in [0.05, 0.1) is 0 Å². The minimum Gasteiger partial charge on any atom is -0.462 e. The standard InChI is InChI=1S/C65H110O6/c1-4-7-10-13-15-17-19-21-23-25-26-27-28-29-30-31-32-33-34-35-36-37-38-40-41-43-45-47-49-52-55-58-64(67)70-61-62(60-69-63(66)57-54-51-12-9-6-3)71-65(68)59-56-53-50-48-46-44-42-39-24-22-20-18-16-14-11-8-5-2/h7-8,10-11,15-18,21-24,26-27,42,44,62H,4-6,9,12-14,19-20,25,28-41,43,45-61H2,1-3H3/b10-7-,11-8-,17-15-,18-16-,23-21-,24-22-,27-26-,44-42-. The topological polar surface area (TPSA) is 78.9 Å². The number of carbonyl (C=O) groups excluding carboxylic acids is 3. The molecule has 0 aromatic carbocycles. The van der Waals surface area contributed by atoms with Gasteiger partial charge in [-0.2, -0.15) is 0 Å². The number of allylic oxidation sites excluding steroid dienone is 16. The van der Waals surface area contributed by atoms with Gasteiger partial charge < -0.3 is 14.2 Å². The molecular weight excluding hydrogens is 877 g/mol. The van der Waals surface area contributed by atoms with Crippen molar-refractivity contribution in [2.24, 2.45) is 0 Å². The van der Waals surface area contributed by atoms with Crippen LogP contribution in [0.15, 0.2) is 97.2 Å². The summed E-state index contributed by atoms with van der Waals surface area (Å²) in [4.78, 5) is 37.8. The quantitative estimate of drug-likeness (QED) is 0.0261. The van der Waals surface area contributed by atoms with E-state index in [0.29, 0.717) is 19.3 Å². The molecule has 0 aliphatic carbocycles. The summed E-state index contributed by atoms with van der Waals surface area (Å²) in [5.41, 5.74) is 0. The van der Waals surface area contributed by atoms with Crippen LogP contribution in [0.2, 0.25) is 0 Å². The fourth-order valence-corrected chi connectivity index (χ4v) is 8.19. The summed E-state index contributed by atoms with van der Waals surface area (Å²) in [5.74, 6) is -0.919. The maximum atomic E-state index is 12.8. The normalized spacial score (nSPS) is 12.8. The highest BCUT2D eigenvalue weighted by Crippen LogP contribution is 2.16. The number of unbranched alkanes of at least 4 members (excludes halogenated alkanes) is 26. The van der Waals surface area contributed by atoms with Gasteiger partial charge in [0.2, 0.25) is 0 Å². The molecule has 0 aromatic rings. The van der Waals surface area contributed by atoms with E-state index in [0.717, 1.165) is 128 Å². The molecule has 1 unspecified atom stereocenters. The Morgan fingerprint density at radius 1 is 0.296 bits per heavy atom. The average Bonchev–Trinajstić information content (AvgIpc) is 3.37. The highest BCUT2D eigenvalue weighted by atomic mass is 16.6. The molecule has 406 valence electrons. The first kappa shape index (κ1) is 67.3. The molecule has 1 atom stereocenters. The van der Waals surface area contributed by atoms with Crippen LogP contribution in [-0.2, 0) is 28.6 Å². The zero-order valence-corrected chi connectivity index (χ0v) is 46.5. The van der Waals surface area contributed by atoms with Crippen molar-refractivity contribution in [3.8, 4) is 0 Å².